The van der Waals surface area contributed by atoms with Crippen molar-refractivity contribution >= 4 is 0 Å². The van der Waals surface area contributed by atoms with Gasteiger partial charge in [-0.3, -0.25) is 4.98 Å². The molecule has 0 aromatic carbocycles. The molecule has 1 atom stereocenters. The van der Waals surface area contributed by atoms with Crippen molar-refractivity contribution in [3.05, 3.63) is 30.1 Å². The van der Waals surface area contributed by atoms with E-state index >= 15 is 0 Å². The molecule has 0 bridgehead atoms. The Hall–Kier alpha value is -0.930. The van der Waals surface area contributed by atoms with E-state index in [0.717, 1.165) is 19.6 Å². The number of nitrogens with zero attached hydrogens (tertiary/aromatic N) is 2. The van der Waals surface area contributed by atoms with Gasteiger partial charge in [0.05, 0.1) is 0 Å². The van der Waals surface area contributed by atoms with Gasteiger partial charge in [0.25, 0.3) is 0 Å². The summed E-state index contributed by atoms with van der Waals surface area (Å²) in [5.74, 6) is 0. The monoisotopic (exact) mass is 249 g/mol. The molecule has 1 aromatic rings. The van der Waals surface area contributed by atoms with Crippen LogP contribution in [0.1, 0.15) is 38.7 Å². The van der Waals surface area contributed by atoms with Crippen molar-refractivity contribution in [1.29, 1.82) is 0 Å². The van der Waals surface area contributed by atoms with E-state index in [1.165, 1.54) is 24.8 Å². The van der Waals surface area contributed by atoms with Crippen molar-refractivity contribution in [2.75, 3.05) is 20.1 Å². The van der Waals surface area contributed by atoms with E-state index in [-0.39, 0.29) is 0 Å². The van der Waals surface area contributed by atoms with E-state index in [1.807, 2.05) is 18.5 Å². The second-order valence-corrected chi connectivity index (χ2v) is 5.10. The third-order valence-corrected chi connectivity index (χ3v) is 3.10. The Morgan fingerprint density at radius 1 is 1.44 bits per heavy atom. The Kier molecular flexibility index (Phi) is 7.62. The predicted octanol–water partition coefficient (Wildman–Crippen LogP) is 2.68. The summed E-state index contributed by atoms with van der Waals surface area (Å²) in [7, 11) is 2.18. The number of rotatable bonds is 9. The molecular weight excluding hydrogens is 222 g/mol. The van der Waals surface area contributed by atoms with Crippen LogP contribution in [0.5, 0.6) is 0 Å². The standard InChI is InChI=1S/C15H27N3/c1-4-9-17-14(2)7-6-11-18(3)13-15-8-5-10-16-12-15/h5,8,10,12,14,17H,4,6-7,9,11,13H2,1-3H3. The normalized spacial score (nSPS) is 12.9. The highest BCUT2D eigenvalue weighted by molar-refractivity contribution is 5.07. The summed E-state index contributed by atoms with van der Waals surface area (Å²) < 4.78 is 0. The van der Waals surface area contributed by atoms with Crippen molar-refractivity contribution in [3.8, 4) is 0 Å². The molecule has 1 aromatic heterocycles. The highest BCUT2D eigenvalue weighted by atomic mass is 15.1. The fraction of sp³-hybridized carbons (Fsp3) is 0.667. The van der Waals surface area contributed by atoms with Crippen molar-refractivity contribution in [3.63, 3.8) is 0 Å². The average Bonchev–Trinajstić information content (AvgIpc) is 2.37. The molecule has 0 saturated carbocycles. The van der Waals surface area contributed by atoms with Crippen LogP contribution >= 0.6 is 0 Å². The Morgan fingerprint density at radius 3 is 2.94 bits per heavy atom. The second-order valence-electron chi connectivity index (χ2n) is 5.10. The molecule has 0 amide bonds. The van der Waals surface area contributed by atoms with Crippen LogP contribution in [0, 0.1) is 0 Å². The number of pyridine rings is 1. The number of aromatic nitrogens is 1. The molecule has 0 radical (unpaired) electrons. The third-order valence-electron chi connectivity index (χ3n) is 3.10. The van der Waals surface area contributed by atoms with Crippen LogP contribution in [0.15, 0.2) is 24.5 Å². The minimum atomic E-state index is 0.636. The Morgan fingerprint density at radius 2 is 2.28 bits per heavy atom. The Labute approximate surface area is 112 Å². The fourth-order valence-electron chi connectivity index (χ4n) is 2.04. The van der Waals surface area contributed by atoms with Crippen LogP contribution < -0.4 is 5.32 Å². The van der Waals surface area contributed by atoms with Crippen LogP contribution in [0.2, 0.25) is 0 Å². The van der Waals surface area contributed by atoms with Crippen LogP contribution in [-0.2, 0) is 6.54 Å². The van der Waals surface area contributed by atoms with Crippen molar-refractivity contribution in [1.82, 2.24) is 15.2 Å². The molecule has 0 aliphatic heterocycles. The van der Waals surface area contributed by atoms with Gasteiger partial charge in [0.1, 0.15) is 0 Å². The third kappa shape index (κ3) is 6.72. The summed E-state index contributed by atoms with van der Waals surface area (Å²) in [5.41, 5.74) is 1.29. The van der Waals surface area contributed by atoms with E-state index in [0.29, 0.717) is 6.04 Å². The zero-order chi connectivity index (χ0) is 13.2. The molecule has 0 fully saturated rings. The quantitative estimate of drug-likeness (QED) is 0.729. The highest BCUT2D eigenvalue weighted by Crippen LogP contribution is 2.03. The van der Waals surface area contributed by atoms with Gasteiger partial charge >= 0.3 is 0 Å². The lowest BCUT2D eigenvalue weighted by Crippen LogP contribution is -2.28. The SMILES string of the molecule is CCCNC(C)CCCN(C)Cc1cccnc1. The van der Waals surface area contributed by atoms with Gasteiger partial charge in [-0.05, 0) is 58.0 Å². The molecule has 0 spiro atoms. The van der Waals surface area contributed by atoms with Crippen LogP contribution in [0.3, 0.4) is 0 Å². The maximum atomic E-state index is 4.14. The molecule has 3 nitrogen and oxygen atoms in total. The Bertz CT molecular complexity index is 300. The molecule has 1 heterocycles. The number of hydrogen-bond donors (Lipinski definition) is 1. The predicted molar refractivity (Wildman–Crippen MR) is 77.6 cm³/mol. The smallest absolute Gasteiger partial charge is 0.0312 e. The summed E-state index contributed by atoms with van der Waals surface area (Å²) >= 11 is 0. The molecule has 3 heteroatoms. The molecule has 102 valence electrons. The van der Waals surface area contributed by atoms with Gasteiger partial charge in [-0.25, -0.2) is 0 Å². The number of hydrogen-bond acceptors (Lipinski definition) is 3. The van der Waals surface area contributed by atoms with E-state index < -0.39 is 0 Å². The average molecular weight is 249 g/mol. The minimum Gasteiger partial charge on any atom is -0.314 e. The molecule has 0 saturated heterocycles. The summed E-state index contributed by atoms with van der Waals surface area (Å²) in [6.07, 6.45) is 7.48. The largest absolute Gasteiger partial charge is 0.314 e. The van der Waals surface area contributed by atoms with Crippen LogP contribution in [0.4, 0.5) is 0 Å². The van der Waals surface area contributed by atoms with Gasteiger partial charge in [0, 0.05) is 25.0 Å². The first kappa shape index (κ1) is 15.1. The highest BCUT2D eigenvalue weighted by Gasteiger charge is 2.03. The molecule has 1 unspecified atom stereocenters. The fourth-order valence-corrected chi connectivity index (χ4v) is 2.04. The Balaban J connectivity index is 2.12. The molecule has 0 aliphatic carbocycles. The van der Waals surface area contributed by atoms with Gasteiger partial charge in [-0.15, -0.1) is 0 Å². The maximum Gasteiger partial charge on any atom is 0.0312 e. The topological polar surface area (TPSA) is 28.2 Å². The summed E-state index contributed by atoms with van der Waals surface area (Å²) in [5, 5.41) is 3.53. The van der Waals surface area contributed by atoms with E-state index in [2.05, 4.69) is 42.2 Å². The summed E-state index contributed by atoms with van der Waals surface area (Å²) in [4.78, 5) is 6.51. The van der Waals surface area contributed by atoms with Gasteiger partial charge in [-0.1, -0.05) is 13.0 Å². The second kappa shape index (κ2) is 9.06. The first-order valence-corrected chi connectivity index (χ1v) is 7.03. The lowest BCUT2D eigenvalue weighted by atomic mass is 10.1. The molecule has 1 rings (SSSR count). The zero-order valence-electron chi connectivity index (χ0n) is 12.0. The van der Waals surface area contributed by atoms with Crippen molar-refractivity contribution in [2.45, 2.75) is 45.7 Å². The summed E-state index contributed by atoms with van der Waals surface area (Å²) in [6, 6.07) is 4.77. The molecule has 1 N–H and O–H groups in total. The van der Waals surface area contributed by atoms with Crippen LogP contribution in [0.25, 0.3) is 0 Å². The minimum absolute atomic E-state index is 0.636. The van der Waals surface area contributed by atoms with E-state index in [1.54, 1.807) is 0 Å². The molecule has 18 heavy (non-hydrogen) atoms. The van der Waals surface area contributed by atoms with Gasteiger partial charge in [0.2, 0.25) is 0 Å². The van der Waals surface area contributed by atoms with E-state index in [4.69, 9.17) is 0 Å². The number of nitrogens with one attached hydrogen (secondary N) is 1. The maximum absolute atomic E-state index is 4.14. The van der Waals surface area contributed by atoms with Gasteiger partial charge in [0.15, 0.2) is 0 Å². The van der Waals surface area contributed by atoms with E-state index in [9.17, 15) is 0 Å². The zero-order valence-corrected chi connectivity index (χ0v) is 12.0. The first-order chi connectivity index (χ1) is 8.72. The lowest BCUT2D eigenvalue weighted by Gasteiger charge is -2.18. The molecular formula is C15H27N3. The van der Waals surface area contributed by atoms with Crippen LogP contribution in [-0.4, -0.2) is 36.1 Å². The van der Waals surface area contributed by atoms with Crippen molar-refractivity contribution < 1.29 is 0 Å². The summed E-state index contributed by atoms with van der Waals surface area (Å²) in [6.45, 7) is 7.75. The van der Waals surface area contributed by atoms with Gasteiger partial charge < -0.3 is 10.2 Å². The van der Waals surface area contributed by atoms with Crippen molar-refractivity contribution in [2.24, 2.45) is 0 Å². The molecule has 0 aliphatic rings. The van der Waals surface area contributed by atoms with Gasteiger partial charge in [-0.2, -0.15) is 0 Å². The lowest BCUT2D eigenvalue weighted by molar-refractivity contribution is 0.310. The first-order valence-electron chi connectivity index (χ1n) is 7.03.